The Morgan fingerprint density at radius 3 is 2.12 bits per heavy atom. The minimum atomic E-state index is -0.245. The molecule has 1 aromatic rings. The summed E-state index contributed by atoms with van der Waals surface area (Å²) in [7, 11) is 1.63. The van der Waals surface area contributed by atoms with Gasteiger partial charge in [0.25, 0.3) is 0 Å². The smallest absolute Gasteiger partial charge is 0.242 e. The fourth-order valence-corrected chi connectivity index (χ4v) is 3.04. The quantitative estimate of drug-likeness (QED) is 0.751. The lowest BCUT2D eigenvalue weighted by molar-refractivity contribution is -0.145. The van der Waals surface area contributed by atoms with Gasteiger partial charge in [0.2, 0.25) is 17.7 Å². The summed E-state index contributed by atoms with van der Waals surface area (Å²) < 4.78 is 5.15. The van der Waals surface area contributed by atoms with E-state index in [-0.39, 0.29) is 37.1 Å². The van der Waals surface area contributed by atoms with Crippen molar-refractivity contribution in [3.05, 3.63) is 24.3 Å². The first-order chi connectivity index (χ1) is 11.6. The summed E-state index contributed by atoms with van der Waals surface area (Å²) in [6, 6.07) is 7.82. The lowest BCUT2D eigenvalue weighted by atomic mass is 10.2. The number of rotatable bonds is 4. The monoisotopic (exact) mass is 331 g/mol. The molecule has 2 saturated heterocycles. The molecule has 0 aromatic heterocycles. The average Bonchev–Trinajstić information content (AvgIpc) is 2.94. The summed E-state index contributed by atoms with van der Waals surface area (Å²) in [5.74, 6) is 0.163. The van der Waals surface area contributed by atoms with Crippen molar-refractivity contribution in [2.45, 2.75) is 12.8 Å². The van der Waals surface area contributed by atoms with E-state index in [1.165, 1.54) is 0 Å². The van der Waals surface area contributed by atoms with Crippen LogP contribution in [0.2, 0.25) is 0 Å². The van der Waals surface area contributed by atoms with E-state index in [0.29, 0.717) is 13.1 Å². The maximum Gasteiger partial charge on any atom is 0.242 e. The van der Waals surface area contributed by atoms with Crippen LogP contribution in [0.5, 0.6) is 5.75 Å². The van der Waals surface area contributed by atoms with Crippen molar-refractivity contribution in [2.24, 2.45) is 0 Å². The van der Waals surface area contributed by atoms with Gasteiger partial charge in [-0.15, -0.1) is 0 Å². The molecule has 7 heteroatoms. The molecule has 0 N–H and O–H groups in total. The third-order valence-electron chi connectivity index (χ3n) is 4.52. The first-order valence-electron chi connectivity index (χ1n) is 8.08. The van der Waals surface area contributed by atoms with Crippen LogP contribution in [0.15, 0.2) is 24.3 Å². The van der Waals surface area contributed by atoms with Gasteiger partial charge in [-0.1, -0.05) is 0 Å². The molecule has 0 radical (unpaired) electrons. The molecule has 128 valence electrons. The minimum absolute atomic E-state index is 0.125. The summed E-state index contributed by atoms with van der Waals surface area (Å²) in [4.78, 5) is 40.5. The number of carbonyl (C=O) groups is 3. The van der Waals surface area contributed by atoms with Gasteiger partial charge in [0.15, 0.2) is 0 Å². The van der Waals surface area contributed by atoms with E-state index in [9.17, 15) is 14.4 Å². The molecule has 0 atom stereocenters. The SMILES string of the molecule is COc1ccc(N2CCN(C(=O)CN3C(=O)CCC3=O)CC2)cc1. The molecule has 1 aromatic carbocycles. The Kier molecular flexibility index (Phi) is 4.69. The van der Waals surface area contributed by atoms with Crippen LogP contribution in [0, 0.1) is 0 Å². The number of nitrogens with zero attached hydrogens (tertiary/aromatic N) is 3. The van der Waals surface area contributed by atoms with Gasteiger partial charge in [0.05, 0.1) is 7.11 Å². The van der Waals surface area contributed by atoms with Crippen LogP contribution in [0.1, 0.15) is 12.8 Å². The van der Waals surface area contributed by atoms with Crippen molar-refractivity contribution in [1.29, 1.82) is 0 Å². The van der Waals surface area contributed by atoms with E-state index < -0.39 is 0 Å². The number of likely N-dealkylation sites (tertiary alicyclic amines) is 1. The summed E-state index contributed by atoms with van der Waals surface area (Å²) in [5, 5.41) is 0. The Morgan fingerprint density at radius 1 is 1.00 bits per heavy atom. The van der Waals surface area contributed by atoms with Crippen molar-refractivity contribution in [2.75, 3.05) is 44.7 Å². The second-order valence-electron chi connectivity index (χ2n) is 5.94. The Labute approximate surface area is 140 Å². The maximum absolute atomic E-state index is 12.3. The molecular weight excluding hydrogens is 310 g/mol. The minimum Gasteiger partial charge on any atom is -0.497 e. The topological polar surface area (TPSA) is 70.2 Å². The molecule has 2 aliphatic heterocycles. The predicted octanol–water partition coefficient (Wildman–Crippen LogP) is 0.493. The second-order valence-corrected chi connectivity index (χ2v) is 5.94. The highest BCUT2D eigenvalue weighted by Gasteiger charge is 2.32. The molecule has 0 bridgehead atoms. The van der Waals surface area contributed by atoms with E-state index in [0.717, 1.165) is 29.4 Å². The van der Waals surface area contributed by atoms with Crippen LogP contribution < -0.4 is 9.64 Å². The molecule has 0 spiro atoms. The lowest BCUT2D eigenvalue weighted by Crippen LogP contribution is -2.51. The standard InChI is InChI=1S/C17H21N3O4/c1-24-14-4-2-13(3-5-14)18-8-10-19(11-9-18)17(23)12-20-15(21)6-7-16(20)22/h2-5H,6-12H2,1H3. The van der Waals surface area contributed by atoms with Crippen molar-refractivity contribution < 1.29 is 19.1 Å². The van der Waals surface area contributed by atoms with Gasteiger partial charge >= 0.3 is 0 Å². The predicted molar refractivity (Wildman–Crippen MR) is 87.7 cm³/mol. The van der Waals surface area contributed by atoms with Gasteiger partial charge in [-0.2, -0.15) is 0 Å². The zero-order chi connectivity index (χ0) is 17.1. The van der Waals surface area contributed by atoms with Crippen LogP contribution in [0.3, 0.4) is 0 Å². The Balaban J connectivity index is 1.53. The van der Waals surface area contributed by atoms with E-state index in [1.807, 2.05) is 24.3 Å². The molecule has 2 heterocycles. The Bertz CT molecular complexity index is 620. The number of carbonyl (C=O) groups excluding carboxylic acids is 3. The van der Waals surface area contributed by atoms with Gasteiger partial charge in [0.1, 0.15) is 12.3 Å². The number of benzene rings is 1. The molecule has 0 aliphatic carbocycles. The average molecular weight is 331 g/mol. The fraction of sp³-hybridized carbons (Fsp3) is 0.471. The summed E-state index contributed by atoms with van der Waals surface area (Å²) >= 11 is 0. The van der Waals surface area contributed by atoms with Gasteiger partial charge < -0.3 is 14.5 Å². The number of piperazine rings is 1. The molecule has 24 heavy (non-hydrogen) atoms. The van der Waals surface area contributed by atoms with Crippen molar-refractivity contribution in [1.82, 2.24) is 9.80 Å². The van der Waals surface area contributed by atoms with E-state index in [4.69, 9.17) is 4.74 Å². The molecule has 3 rings (SSSR count). The largest absolute Gasteiger partial charge is 0.497 e. The van der Waals surface area contributed by atoms with Gasteiger partial charge in [-0.05, 0) is 24.3 Å². The molecule has 0 saturated carbocycles. The number of hydrogen-bond acceptors (Lipinski definition) is 5. The van der Waals surface area contributed by atoms with Crippen LogP contribution in [0.25, 0.3) is 0 Å². The van der Waals surface area contributed by atoms with Crippen LogP contribution in [-0.4, -0.2) is 67.4 Å². The van der Waals surface area contributed by atoms with Crippen LogP contribution in [-0.2, 0) is 14.4 Å². The van der Waals surface area contributed by atoms with E-state index >= 15 is 0 Å². The molecule has 7 nitrogen and oxygen atoms in total. The first-order valence-corrected chi connectivity index (χ1v) is 8.08. The highest BCUT2D eigenvalue weighted by atomic mass is 16.5. The number of imide groups is 1. The number of hydrogen-bond donors (Lipinski definition) is 0. The van der Waals surface area contributed by atoms with Crippen molar-refractivity contribution in [3.63, 3.8) is 0 Å². The number of ether oxygens (including phenoxy) is 1. The van der Waals surface area contributed by atoms with E-state index in [1.54, 1.807) is 12.0 Å². The third-order valence-corrected chi connectivity index (χ3v) is 4.52. The second kappa shape index (κ2) is 6.90. The Morgan fingerprint density at radius 2 is 1.58 bits per heavy atom. The zero-order valence-electron chi connectivity index (χ0n) is 13.7. The number of anilines is 1. The van der Waals surface area contributed by atoms with Gasteiger partial charge in [0, 0.05) is 44.7 Å². The molecule has 0 unspecified atom stereocenters. The third kappa shape index (κ3) is 3.34. The van der Waals surface area contributed by atoms with Crippen molar-refractivity contribution in [3.8, 4) is 5.75 Å². The van der Waals surface area contributed by atoms with Gasteiger partial charge in [-0.3, -0.25) is 19.3 Å². The van der Waals surface area contributed by atoms with Crippen molar-refractivity contribution >= 4 is 23.4 Å². The molecule has 3 amide bonds. The first kappa shape index (κ1) is 16.3. The van der Waals surface area contributed by atoms with Crippen LogP contribution >= 0.6 is 0 Å². The zero-order valence-corrected chi connectivity index (χ0v) is 13.7. The summed E-state index contributed by atoms with van der Waals surface area (Å²) in [6.45, 7) is 2.49. The highest BCUT2D eigenvalue weighted by Crippen LogP contribution is 2.20. The van der Waals surface area contributed by atoms with Gasteiger partial charge in [-0.25, -0.2) is 0 Å². The summed E-state index contributed by atoms with van der Waals surface area (Å²) in [5.41, 5.74) is 1.09. The highest BCUT2D eigenvalue weighted by molar-refractivity contribution is 6.04. The van der Waals surface area contributed by atoms with Crippen LogP contribution in [0.4, 0.5) is 5.69 Å². The summed E-state index contributed by atoms with van der Waals surface area (Å²) in [6.07, 6.45) is 0.439. The van der Waals surface area contributed by atoms with E-state index in [2.05, 4.69) is 4.90 Å². The number of amides is 3. The molecule has 2 aliphatic rings. The fourth-order valence-electron chi connectivity index (χ4n) is 3.04. The maximum atomic E-state index is 12.3. The lowest BCUT2D eigenvalue weighted by Gasteiger charge is -2.36. The Hall–Kier alpha value is -2.57. The molecular formula is C17H21N3O4. The number of methoxy groups -OCH3 is 1. The normalized spacial score (nSPS) is 18.3. The molecule has 2 fully saturated rings.